The summed E-state index contributed by atoms with van der Waals surface area (Å²) in [4.78, 5) is 2.44. The van der Waals surface area contributed by atoms with Crippen molar-refractivity contribution in [2.24, 2.45) is 5.92 Å². The molecule has 0 aromatic heterocycles. The summed E-state index contributed by atoms with van der Waals surface area (Å²) in [7, 11) is 1.66. The third kappa shape index (κ3) is 3.58. The van der Waals surface area contributed by atoms with Crippen molar-refractivity contribution in [2.45, 2.75) is 32.7 Å². The highest BCUT2D eigenvalue weighted by molar-refractivity contribution is 6.32. The van der Waals surface area contributed by atoms with Crippen molar-refractivity contribution in [3.8, 4) is 5.75 Å². The zero-order valence-corrected chi connectivity index (χ0v) is 13.4. The number of nitrogens with one attached hydrogen (secondary N) is 1. The van der Waals surface area contributed by atoms with Crippen LogP contribution in [0, 0.1) is 5.92 Å². The van der Waals surface area contributed by atoms with E-state index in [4.69, 9.17) is 16.3 Å². The van der Waals surface area contributed by atoms with Crippen LogP contribution < -0.4 is 15.0 Å². The van der Waals surface area contributed by atoms with Crippen LogP contribution in [0.1, 0.15) is 26.7 Å². The first-order chi connectivity index (χ1) is 9.65. The van der Waals surface area contributed by atoms with E-state index in [1.807, 2.05) is 12.1 Å². The van der Waals surface area contributed by atoms with E-state index < -0.39 is 0 Å². The average molecular weight is 297 g/mol. The van der Waals surface area contributed by atoms with Gasteiger partial charge in [-0.3, -0.25) is 0 Å². The normalized spacial score (nSPS) is 21.4. The van der Waals surface area contributed by atoms with Crippen LogP contribution in [0.15, 0.2) is 18.2 Å². The minimum Gasteiger partial charge on any atom is -0.495 e. The van der Waals surface area contributed by atoms with Crippen molar-refractivity contribution < 1.29 is 4.74 Å². The molecule has 1 aliphatic heterocycles. The van der Waals surface area contributed by atoms with Crippen LogP contribution in [-0.4, -0.2) is 32.8 Å². The van der Waals surface area contributed by atoms with Gasteiger partial charge in [-0.2, -0.15) is 0 Å². The molecule has 1 heterocycles. The molecule has 20 heavy (non-hydrogen) atoms. The summed E-state index contributed by atoms with van der Waals surface area (Å²) in [5.74, 6) is 1.44. The molecule has 3 nitrogen and oxygen atoms in total. The molecule has 1 aromatic rings. The zero-order valence-electron chi connectivity index (χ0n) is 12.7. The predicted octanol–water partition coefficient (Wildman–Crippen LogP) is 3.56. The van der Waals surface area contributed by atoms with Gasteiger partial charge < -0.3 is 15.0 Å². The first kappa shape index (κ1) is 15.5. The summed E-state index contributed by atoms with van der Waals surface area (Å²) in [5, 5.41) is 4.34. The summed E-state index contributed by atoms with van der Waals surface area (Å²) < 4.78 is 5.33. The maximum atomic E-state index is 6.11. The number of rotatable bonds is 4. The second-order valence-corrected chi connectivity index (χ2v) is 5.97. The van der Waals surface area contributed by atoms with Crippen LogP contribution in [-0.2, 0) is 0 Å². The molecule has 2 rings (SSSR count). The number of benzene rings is 1. The number of hydrogen-bond donors (Lipinski definition) is 1. The Morgan fingerprint density at radius 3 is 3.00 bits per heavy atom. The van der Waals surface area contributed by atoms with E-state index in [-0.39, 0.29) is 0 Å². The third-order valence-electron chi connectivity index (χ3n) is 4.26. The molecule has 1 aromatic carbocycles. The smallest absolute Gasteiger partial charge is 0.139 e. The molecule has 0 spiro atoms. The molecular formula is C16H25ClN2O. The third-order valence-corrected chi connectivity index (χ3v) is 4.57. The molecule has 0 radical (unpaired) electrons. The highest BCUT2D eigenvalue weighted by atomic mass is 35.5. The number of methoxy groups -OCH3 is 1. The number of hydrogen-bond acceptors (Lipinski definition) is 3. The molecule has 1 fully saturated rings. The highest BCUT2D eigenvalue weighted by Gasteiger charge is 2.22. The van der Waals surface area contributed by atoms with Crippen LogP contribution in [0.25, 0.3) is 0 Å². The van der Waals surface area contributed by atoms with Crippen LogP contribution in [0.5, 0.6) is 5.75 Å². The fourth-order valence-corrected chi connectivity index (χ4v) is 2.89. The van der Waals surface area contributed by atoms with E-state index in [0.717, 1.165) is 31.8 Å². The van der Waals surface area contributed by atoms with Gasteiger partial charge in [0.25, 0.3) is 0 Å². The van der Waals surface area contributed by atoms with Gasteiger partial charge in [0.2, 0.25) is 0 Å². The number of halogens is 1. The van der Waals surface area contributed by atoms with Crippen molar-refractivity contribution in [3.63, 3.8) is 0 Å². The summed E-state index contributed by atoms with van der Waals surface area (Å²) in [6.07, 6.45) is 2.37. The number of ether oxygens (including phenoxy) is 1. The molecule has 0 aliphatic carbocycles. The van der Waals surface area contributed by atoms with Gasteiger partial charge in [0.05, 0.1) is 12.1 Å². The Morgan fingerprint density at radius 2 is 2.30 bits per heavy atom. The second-order valence-electron chi connectivity index (χ2n) is 5.56. The zero-order chi connectivity index (χ0) is 14.5. The Hall–Kier alpha value is -0.930. The topological polar surface area (TPSA) is 24.5 Å². The van der Waals surface area contributed by atoms with Crippen molar-refractivity contribution in [3.05, 3.63) is 23.2 Å². The van der Waals surface area contributed by atoms with Gasteiger partial charge in [0.15, 0.2) is 0 Å². The largest absolute Gasteiger partial charge is 0.495 e. The van der Waals surface area contributed by atoms with E-state index in [1.54, 1.807) is 7.11 Å². The molecule has 1 saturated heterocycles. The lowest BCUT2D eigenvalue weighted by molar-refractivity contribution is 0.383. The molecule has 1 N–H and O–H groups in total. The van der Waals surface area contributed by atoms with Crippen molar-refractivity contribution >= 4 is 17.3 Å². The monoisotopic (exact) mass is 296 g/mol. The van der Waals surface area contributed by atoms with Gasteiger partial charge in [-0.05, 0) is 31.0 Å². The lowest BCUT2D eigenvalue weighted by Gasteiger charge is -2.29. The molecule has 4 heteroatoms. The minimum absolute atomic E-state index is 0.546. The fourth-order valence-electron chi connectivity index (χ4n) is 2.70. The number of nitrogens with zero attached hydrogens (tertiary/aromatic N) is 1. The molecule has 0 amide bonds. The summed E-state index contributed by atoms with van der Waals surface area (Å²) >= 11 is 6.11. The first-order valence-corrected chi connectivity index (χ1v) is 7.85. The van der Waals surface area contributed by atoms with Crippen molar-refractivity contribution in [1.29, 1.82) is 0 Å². The highest BCUT2D eigenvalue weighted by Crippen LogP contribution is 2.30. The molecule has 2 unspecified atom stereocenters. The lowest BCUT2D eigenvalue weighted by atomic mass is 9.99. The van der Waals surface area contributed by atoms with E-state index in [1.165, 1.54) is 12.1 Å². The van der Waals surface area contributed by atoms with Gasteiger partial charge >= 0.3 is 0 Å². The Labute approximate surface area is 127 Å². The minimum atomic E-state index is 0.546. The Bertz CT molecular complexity index is 438. The van der Waals surface area contributed by atoms with E-state index >= 15 is 0 Å². The van der Waals surface area contributed by atoms with Crippen LogP contribution in [0.2, 0.25) is 5.02 Å². The Kier molecular flexibility index (Phi) is 5.55. The Balaban J connectivity index is 2.17. The van der Waals surface area contributed by atoms with Crippen LogP contribution >= 0.6 is 11.6 Å². The summed E-state index contributed by atoms with van der Waals surface area (Å²) in [6.45, 7) is 7.79. The molecule has 0 saturated carbocycles. The van der Waals surface area contributed by atoms with Crippen LogP contribution in [0.3, 0.4) is 0 Å². The number of anilines is 1. The van der Waals surface area contributed by atoms with E-state index in [0.29, 0.717) is 17.0 Å². The van der Waals surface area contributed by atoms with Gasteiger partial charge in [-0.25, -0.2) is 0 Å². The maximum Gasteiger partial charge on any atom is 0.139 e. The predicted molar refractivity (Wildman–Crippen MR) is 86.1 cm³/mol. The quantitative estimate of drug-likeness (QED) is 0.919. The maximum absolute atomic E-state index is 6.11. The van der Waals surface area contributed by atoms with Gasteiger partial charge in [0.1, 0.15) is 5.75 Å². The van der Waals surface area contributed by atoms with E-state index in [2.05, 4.69) is 30.1 Å². The molecule has 2 atom stereocenters. The summed E-state index contributed by atoms with van der Waals surface area (Å²) in [6, 6.07) is 6.60. The SMILES string of the molecule is CCC(C)C1CN(c2ccc(Cl)c(OC)c2)CCCN1. The molecule has 1 aliphatic rings. The van der Waals surface area contributed by atoms with Gasteiger partial charge in [-0.1, -0.05) is 31.9 Å². The molecule has 0 bridgehead atoms. The molecular weight excluding hydrogens is 272 g/mol. The van der Waals surface area contributed by atoms with Crippen molar-refractivity contribution in [1.82, 2.24) is 5.32 Å². The van der Waals surface area contributed by atoms with Crippen LogP contribution in [0.4, 0.5) is 5.69 Å². The van der Waals surface area contributed by atoms with Gasteiger partial charge in [-0.15, -0.1) is 0 Å². The lowest BCUT2D eigenvalue weighted by Crippen LogP contribution is -2.42. The Morgan fingerprint density at radius 1 is 1.50 bits per heavy atom. The fraction of sp³-hybridized carbons (Fsp3) is 0.625. The second kappa shape index (κ2) is 7.19. The first-order valence-electron chi connectivity index (χ1n) is 7.47. The standard InChI is InChI=1S/C16H25ClN2O/c1-4-12(2)15-11-19(9-5-8-18-15)13-6-7-14(17)16(10-13)20-3/h6-7,10,12,15,18H,4-5,8-9,11H2,1-3H3. The van der Waals surface area contributed by atoms with E-state index in [9.17, 15) is 0 Å². The van der Waals surface area contributed by atoms with Gasteiger partial charge in [0, 0.05) is 30.9 Å². The van der Waals surface area contributed by atoms with Crippen molar-refractivity contribution in [2.75, 3.05) is 31.6 Å². The summed E-state index contributed by atoms with van der Waals surface area (Å²) in [5.41, 5.74) is 1.20. The molecule has 112 valence electrons. The average Bonchev–Trinajstić information content (AvgIpc) is 2.73.